The highest BCUT2D eigenvalue weighted by atomic mass is 35.5. The van der Waals surface area contributed by atoms with Crippen molar-refractivity contribution in [3.63, 3.8) is 0 Å². The van der Waals surface area contributed by atoms with Gasteiger partial charge in [-0.2, -0.15) is 9.78 Å². The molecule has 5 heteroatoms. The summed E-state index contributed by atoms with van der Waals surface area (Å²) in [5.74, 6) is 0.668. The maximum atomic E-state index is 12.7. The van der Waals surface area contributed by atoms with Crippen LogP contribution in [0.3, 0.4) is 0 Å². The van der Waals surface area contributed by atoms with Crippen LogP contribution >= 0.6 is 11.6 Å². The maximum Gasteiger partial charge on any atom is 0.282 e. The SMILES string of the molecule is CCCc1nc2ccccc2c(=O)n1N=Cc1ccc(Cl)cc1. The zero-order chi connectivity index (χ0) is 16.2. The summed E-state index contributed by atoms with van der Waals surface area (Å²) < 4.78 is 1.39. The lowest BCUT2D eigenvalue weighted by Gasteiger charge is -2.08. The monoisotopic (exact) mass is 325 g/mol. The average molecular weight is 326 g/mol. The van der Waals surface area contributed by atoms with Gasteiger partial charge in [-0.1, -0.05) is 42.8 Å². The van der Waals surface area contributed by atoms with Crippen LogP contribution in [0.4, 0.5) is 0 Å². The zero-order valence-electron chi connectivity index (χ0n) is 12.7. The number of para-hydroxylation sites is 1. The Morgan fingerprint density at radius 3 is 2.65 bits per heavy atom. The van der Waals surface area contributed by atoms with Crippen molar-refractivity contribution < 1.29 is 0 Å². The minimum absolute atomic E-state index is 0.149. The molecule has 0 amide bonds. The molecule has 1 heterocycles. The molecule has 1 aromatic heterocycles. The normalized spacial score (nSPS) is 11.4. The smallest absolute Gasteiger partial charge is 0.267 e. The Labute approximate surface area is 139 Å². The third kappa shape index (κ3) is 3.32. The Kier molecular flexibility index (Phi) is 4.53. The second-order valence-electron chi connectivity index (χ2n) is 5.21. The number of hydrogen-bond acceptors (Lipinski definition) is 3. The first-order valence-electron chi connectivity index (χ1n) is 7.49. The fourth-order valence-corrected chi connectivity index (χ4v) is 2.47. The van der Waals surface area contributed by atoms with E-state index >= 15 is 0 Å². The van der Waals surface area contributed by atoms with Crippen molar-refractivity contribution in [2.75, 3.05) is 0 Å². The van der Waals surface area contributed by atoms with E-state index in [1.165, 1.54) is 4.68 Å². The Hall–Kier alpha value is -2.46. The van der Waals surface area contributed by atoms with Crippen molar-refractivity contribution in [2.45, 2.75) is 19.8 Å². The Morgan fingerprint density at radius 2 is 1.91 bits per heavy atom. The second-order valence-corrected chi connectivity index (χ2v) is 5.64. The van der Waals surface area contributed by atoms with Crippen LogP contribution in [0.5, 0.6) is 0 Å². The third-order valence-electron chi connectivity index (χ3n) is 3.49. The minimum atomic E-state index is -0.149. The van der Waals surface area contributed by atoms with E-state index in [9.17, 15) is 4.79 Å². The molecule has 0 spiro atoms. The molecule has 0 unspecified atom stereocenters. The molecule has 0 N–H and O–H groups in total. The predicted octanol–water partition coefficient (Wildman–Crippen LogP) is 3.88. The standard InChI is InChI=1S/C18H16ClN3O/c1-2-5-17-21-16-7-4-3-6-15(16)18(23)22(17)20-12-13-8-10-14(19)11-9-13/h3-4,6-12H,2,5H2,1H3. The van der Waals surface area contributed by atoms with Gasteiger partial charge in [-0.05, 0) is 36.2 Å². The summed E-state index contributed by atoms with van der Waals surface area (Å²) in [4.78, 5) is 17.3. The molecule has 0 aliphatic carbocycles. The Morgan fingerprint density at radius 1 is 1.17 bits per heavy atom. The molecule has 0 saturated carbocycles. The summed E-state index contributed by atoms with van der Waals surface area (Å²) >= 11 is 5.88. The van der Waals surface area contributed by atoms with Gasteiger partial charge in [0, 0.05) is 11.4 Å². The van der Waals surface area contributed by atoms with E-state index in [2.05, 4.69) is 17.0 Å². The molecule has 4 nitrogen and oxygen atoms in total. The fraction of sp³-hybridized carbons (Fsp3) is 0.167. The molecule has 0 aliphatic rings. The number of benzene rings is 2. The fourth-order valence-electron chi connectivity index (χ4n) is 2.35. The number of rotatable bonds is 4. The maximum absolute atomic E-state index is 12.7. The van der Waals surface area contributed by atoms with Gasteiger partial charge < -0.3 is 0 Å². The Bertz CT molecular complexity index is 914. The van der Waals surface area contributed by atoms with Crippen molar-refractivity contribution in [3.05, 3.63) is 75.3 Å². The van der Waals surface area contributed by atoms with Crippen molar-refractivity contribution >= 4 is 28.7 Å². The Balaban J connectivity index is 2.11. The van der Waals surface area contributed by atoms with Gasteiger partial charge in [0.15, 0.2) is 0 Å². The molecule has 0 fully saturated rings. The summed E-state index contributed by atoms with van der Waals surface area (Å²) in [6.45, 7) is 2.05. The molecule has 23 heavy (non-hydrogen) atoms. The number of aromatic nitrogens is 2. The van der Waals surface area contributed by atoms with Crippen LogP contribution in [0.25, 0.3) is 10.9 Å². The van der Waals surface area contributed by atoms with E-state index in [4.69, 9.17) is 11.6 Å². The lowest BCUT2D eigenvalue weighted by atomic mass is 10.2. The number of fused-ring (bicyclic) bond motifs is 1. The largest absolute Gasteiger partial charge is 0.282 e. The quantitative estimate of drug-likeness (QED) is 0.683. The van der Waals surface area contributed by atoms with E-state index in [1.54, 1.807) is 24.4 Å². The first-order valence-corrected chi connectivity index (χ1v) is 7.87. The summed E-state index contributed by atoms with van der Waals surface area (Å²) in [6.07, 6.45) is 3.23. The average Bonchev–Trinajstić information content (AvgIpc) is 2.56. The van der Waals surface area contributed by atoms with Gasteiger partial charge in [0.05, 0.1) is 17.1 Å². The summed E-state index contributed by atoms with van der Waals surface area (Å²) in [7, 11) is 0. The highest BCUT2D eigenvalue weighted by molar-refractivity contribution is 6.30. The molecule has 116 valence electrons. The highest BCUT2D eigenvalue weighted by Crippen LogP contribution is 2.10. The van der Waals surface area contributed by atoms with E-state index in [0.29, 0.717) is 28.2 Å². The van der Waals surface area contributed by atoms with E-state index in [1.807, 2.05) is 30.3 Å². The van der Waals surface area contributed by atoms with Gasteiger partial charge >= 0.3 is 0 Å². The number of halogens is 1. The molecule has 0 radical (unpaired) electrons. The predicted molar refractivity (Wildman–Crippen MR) is 94.4 cm³/mol. The van der Waals surface area contributed by atoms with Crippen LogP contribution in [0.1, 0.15) is 24.7 Å². The van der Waals surface area contributed by atoms with Crippen LogP contribution in [0.2, 0.25) is 5.02 Å². The number of hydrogen-bond donors (Lipinski definition) is 0. The number of nitrogens with zero attached hydrogens (tertiary/aromatic N) is 3. The van der Waals surface area contributed by atoms with Crippen molar-refractivity contribution in [3.8, 4) is 0 Å². The lowest BCUT2D eigenvalue weighted by Crippen LogP contribution is -2.22. The molecule has 0 aliphatic heterocycles. The third-order valence-corrected chi connectivity index (χ3v) is 3.74. The topological polar surface area (TPSA) is 47.2 Å². The van der Waals surface area contributed by atoms with Gasteiger partial charge in [-0.15, -0.1) is 0 Å². The van der Waals surface area contributed by atoms with Gasteiger partial charge in [0.25, 0.3) is 5.56 Å². The number of aryl methyl sites for hydroxylation is 1. The molecular weight excluding hydrogens is 310 g/mol. The van der Waals surface area contributed by atoms with Gasteiger partial charge in [-0.3, -0.25) is 4.79 Å². The first kappa shape index (κ1) is 15.4. The van der Waals surface area contributed by atoms with E-state index in [-0.39, 0.29) is 5.56 Å². The molecule has 2 aromatic carbocycles. The van der Waals surface area contributed by atoms with Gasteiger partial charge in [0.1, 0.15) is 5.82 Å². The first-order chi connectivity index (χ1) is 11.2. The van der Waals surface area contributed by atoms with Crippen LogP contribution in [0, 0.1) is 0 Å². The second kappa shape index (κ2) is 6.75. The van der Waals surface area contributed by atoms with Gasteiger partial charge in [0.2, 0.25) is 0 Å². The summed E-state index contributed by atoms with van der Waals surface area (Å²) in [5, 5.41) is 5.58. The van der Waals surface area contributed by atoms with E-state index < -0.39 is 0 Å². The minimum Gasteiger partial charge on any atom is -0.267 e. The van der Waals surface area contributed by atoms with E-state index in [0.717, 1.165) is 12.0 Å². The molecule has 0 atom stereocenters. The van der Waals surface area contributed by atoms with Crippen molar-refractivity contribution in [1.29, 1.82) is 0 Å². The summed E-state index contributed by atoms with van der Waals surface area (Å²) in [6, 6.07) is 14.6. The van der Waals surface area contributed by atoms with Crippen LogP contribution < -0.4 is 5.56 Å². The molecule has 3 aromatic rings. The molecule has 0 bridgehead atoms. The van der Waals surface area contributed by atoms with Crippen molar-refractivity contribution in [1.82, 2.24) is 9.66 Å². The van der Waals surface area contributed by atoms with Crippen LogP contribution in [-0.4, -0.2) is 15.9 Å². The molecular formula is C18H16ClN3O. The highest BCUT2D eigenvalue weighted by Gasteiger charge is 2.09. The lowest BCUT2D eigenvalue weighted by molar-refractivity contribution is 0.704. The molecule has 3 rings (SSSR count). The van der Waals surface area contributed by atoms with Gasteiger partial charge in [-0.25, -0.2) is 4.98 Å². The molecule has 0 saturated heterocycles. The summed E-state index contributed by atoms with van der Waals surface area (Å²) in [5.41, 5.74) is 1.43. The van der Waals surface area contributed by atoms with Crippen molar-refractivity contribution in [2.24, 2.45) is 5.10 Å². The van der Waals surface area contributed by atoms with Crippen LogP contribution in [0.15, 0.2) is 58.4 Å². The van der Waals surface area contributed by atoms with Crippen LogP contribution in [-0.2, 0) is 6.42 Å². The zero-order valence-corrected chi connectivity index (χ0v) is 13.5.